The Morgan fingerprint density at radius 3 is 2.72 bits per heavy atom. The van der Waals surface area contributed by atoms with E-state index in [-0.39, 0.29) is 0 Å². The summed E-state index contributed by atoms with van der Waals surface area (Å²) in [7, 11) is 0. The van der Waals surface area contributed by atoms with Crippen LogP contribution in [0.3, 0.4) is 0 Å². The van der Waals surface area contributed by atoms with Gasteiger partial charge in [-0.1, -0.05) is 12.1 Å². The van der Waals surface area contributed by atoms with Gasteiger partial charge in [0.2, 0.25) is 0 Å². The third-order valence-corrected chi connectivity index (χ3v) is 4.60. The minimum absolute atomic E-state index is 1.09. The topological polar surface area (TPSA) is 17.8 Å². The molecule has 1 aromatic carbocycles. The van der Waals surface area contributed by atoms with Crippen molar-refractivity contribution >= 4 is 15.9 Å². The molecule has 2 heterocycles. The summed E-state index contributed by atoms with van der Waals surface area (Å²) in [6.07, 6.45) is 3.62. The van der Waals surface area contributed by atoms with Crippen LogP contribution < -0.4 is 0 Å². The van der Waals surface area contributed by atoms with Gasteiger partial charge >= 0.3 is 0 Å². The summed E-state index contributed by atoms with van der Waals surface area (Å²) in [6, 6.07) is 6.57. The van der Waals surface area contributed by atoms with Gasteiger partial charge in [-0.3, -0.25) is 0 Å². The van der Waals surface area contributed by atoms with Crippen molar-refractivity contribution in [2.24, 2.45) is 0 Å². The number of imidazole rings is 1. The van der Waals surface area contributed by atoms with Gasteiger partial charge in [0.25, 0.3) is 0 Å². The Labute approximate surface area is 116 Å². The van der Waals surface area contributed by atoms with Crippen LogP contribution in [0.1, 0.15) is 29.8 Å². The third kappa shape index (κ3) is 1.91. The number of halogens is 1. The largest absolute Gasteiger partial charge is 0.322 e. The van der Waals surface area contributed by atoms with Crippen molar-refractivity contribution in [2.75, 3.05) is 0 Å². The van der Waals surface area contributed by atoms with Crippen LogP contribution in [0, 0.1) is 13.8 Å². The van der Waals surface area contributed by atoms with Crippen LogP contribution in [0.15, 0.2) is 22.8 Å². The van der Waals surface area contributed by atoms with Crippen LogP contribution >= 0.6 is 15.9 Å². The normalized spacial score (nSPS) is 14.6. The number of hydrogen-bond donors (Lipinski definition) is 0. The highest BCUT2D eigenvalue weighted by Crippen LogP contribution is 2.32. The molecular formula is C15H17BrN2. The van der Waals surface area contributed by atoms with Gasteiger partial charge in [0.05, 0.1) is 0 Å². The lowest BCUT2D eigenvalue weighted by atomic mass is 10.0. The van der Waals surface area contributed by atoms with E-state index in [9.17, 15) is 0 Å². The lowest BCUT2D eigenvalue weighted by Gasteiger charge is -2.13. The maximum Gasteiger partial charge on any atom is 0.113 e. The Morgan fingerprint density at radius 2 is 2.00 bits per heavy atom. The fraction of sp³-hybridized carbons (Fsp3) is 0.400. The molecule has 0 saturated heterocycles. The average molecular weight is 305 g/mol. The van der Waals surface area contributed by atoms with Gasteiger partial charge in [0.15, 0.2) is 0 Å². The molecule has 0 fully saturated rings. The Balaban J connectivity index is 2.11. The summed E-state index contributed by atoms with van der Waals surface area (Å²) >= 11 is 3.72. The van der Waals surface area contributed by atoms with E-state index in [4.69, 9.17) is 4.98 Å². The molecule has 0 unspecified atom stereocenters. The molecule has 0 N–H and O–H groups in total. The number of aryl methyl sites for hydroxylation is 3. The quantitative estimate of drug-likeness (QED) is 0.769. The van der Waals surface area contributed by atoms with Gasteiger partial charge in [0.1, 0.15) is 16.1 Å². The summed E-state index contributed by atoms with van der Waals surface area (Å²) in [5.41, 5.74) is 4.96. The molecule has 1 aromatic heterocycles. The van der Waals surface area contributed by atoms with Crippen LogP contribution in [0.4, 0.5) is 0 Å². The minimum atomic E-state index is 1.09. The van der Waals surface area contributed by atoms with Gasteiger partial charge in [-0.15, -0.1) is 0 Å². The zero-order chi connectivity index (χ0) is 12.7. The average Bonchev–Trinajstić information content (AvgIpc) is 2.71. The molecule has 18 heavy (non-hydrogen) atoms. The van der Waals surface area contributed by atoms with E-state index in [1.54, 1.807) is 0 Å². The summed E-state index contributed by atoms with van der Waals surface area (Å²) in [6.45, 7) is 5.39. The summed E-state index contributed by atoms with van der Waals surface area (Å²) in [5.74, 6) is 1.22. The number of nitrogens with zero attached hydrogens (tertiary/aromatic N) is 2. The highest BCUT2D eigenvalue weighted by atomic mass is 79.9. The zero-order valence-corrected chi connectivity index (χ0v) is 12.4. The molecule has 1 aliphatic rings. The molecule has 0 amide bonds. The van der Waals surface area contributed by atoms with Crippen molar-refractivity contribution in [3.8, 4) is 11.3 Å². The Morgan fingerprint density at radius 1 is 1.17 bits per heavy atom. The van der Waals surface area contributed by atoms with E-state index >= 15 is 0 Å². The van der Waals surface area contributed by atoms with E-state index in [1.807, 2.05) is 0 Å². The first-order valence-corrected chi connectivity index (χ1v) is 7.28. The molecule has 2 aromatic rings. The molecule has 94 valence electrons. The number of rotatable bonds is 1. The monoisotopic (exact) mass is 304 g/mol. The van der Waals surface area contributed by atoms with Gasteiger partial charge < -0.3 is 4.57 Å². The maximum atomic E-state index is 4.81. The van der Waals surface area contributed by atoms with Crippen molar-refractivity contribution in [1.29, 1.82) is 0 Å². The lowest BCUT2D eigenvalue weighted by molar-refractivity contribution is 0.516. The van der Waals surface area contributed by atoms with E-state index in [2.05, 4.69) is 52.5 Å². The van der Waals surface area contributed by atoms with Crippen molar-refractivity contribution in [3.05, 3.63) is 39.8 Å². The van der Waals surface area contributed by atoms with E-state index in [0.717, 1.165) is 23.3 Å². The number of benzene rings is 1. The second kappa shape index (κ2) is 4.54. The predicted octanol–water partition coefficient (Wildman–Crippen LogP) is 4.27. The van der Waals surface area contributed by atoms with Crippen molar-refractivity contribution in [2.45, 2.75) is 39.7 Å². The minimum Gasteiger partial charge on any atom is -0.322 e. The van der Waals surface area contributed by atoms with E-state index < -0.39 is 0 Å². The molecule has 0 aliphatic carbocycles. The first-order valence-electron chi connectivity index (χ1n) is 6.49. The second-order valence-corrected chi connectivity index (χ2v) is 5.83. The number of aromatic nitrogens is 2. The highest BCUT2D eigenvalue weighted by molar-refractivity contribution is 9.10. The van der Waals surface area contributed by atoms with Crippen LogP contribution in [0.2, 0.25) is 0 Å². The summed E-state index contributed by atoms with van der Waals surface area (Å²) in [4.78, 5) is 4.81. The molecule has 2 nitrogen and oxygen atoms in total. The molecule has 0 bridgehead atoms. The molecule has 3 heteroatoms. The molecular weight excluding hydrogens is 288 g/mol. The maximum absolute atomic E-state index is 4.81. The Hall–Kier alpha value is -1.09. The zero-order valence-electron chi connectivity index (χ0n) is 10.8. The number of hydrogen-bond acceptors (Lipinski definition) is 1. The fourth-order valence-corrected chi connectivity index (χ4v) is 3.22. The van der Waals surface area contributed by atoms with Gasteiger partial charge in [0, 0.05) is 18.5 Å². The molecule has 3 rings (SSSR count). The van der Waals surface area contributed by atoms with E-state index in [1.165, 1.54) is 35.4 Å². The SMILES string of the molecule is Cc1ccc(-c2nc3n(c2Br)CCCC3)cc1C. The van der Waals surface area contributed by atoms with Crippen molar-refractivity contribution < 1.29 is 0 Å². The Bertz CT molecular complexity index is 599. The van der Waals surface area contributed by atoms with E-state index in [0.29, 0.717) is 0 Å². The lowest BCUT2D eigenvalue weighted by Crippen LogP contribution is -2.10. The molecule has 0 spiro atoms. The molecule has 0 saturated carbocycles. The molecule has 1 aliphatic heterocycles. The van der Waals surface area contributed by atoms with Crippen LogP contribution in [-0.2, 0) is 13.0 Å². The first kappa shape index (κ1) is 12.0. The third-order valence-electron chi connectivity index (χ3n) is 3.80. The van der Waals surface area contributed by atoms with Gasteiger partial charge in [-0.2, -0.15) is 0 Å². The summed E-state index contributed by atoms with van der Waals surface area (Å²) in [5, 5.41) is 0. The smallest absolute Gasteiger partial charge is 0.113 e. The standard InChI is InChI=1S/C15H17BrN2/c1-10-6-7-12(9-11(10)2)14-15(16)18-8-4-3-5-13(18)17-14/h6-7,9H,3-5,8H2,1-2H3. The molecule has 0 radical (unpaired) electrons. The Kier molecular flexibility index (Phi) is 3.02. The van der Waals surface area contributed by atoms with Gasteiger partial charge in [-0.25, -0.2) is 4.98 Å². The van der Waals surface area contributed by atoms with Crippen LogP contribution in [0.5, 0.6) is 0 Å². The number of fused-ring (bicyclic) bond motifs is 1. The van der Waals surface area contributed by atoms with Crippen LogP contribution in [0.25, 0.3) is 11.3 Å². The summed E-state index contributed by atoms with van der Waals surface area (Å²) < 4.78 is 3.45. The van der Waals surface area contributed by atoms with Gasteiger partial charge in [-0.05, 0) is 59.8 Å². The van der Waals surface area contributed by atoms with Crippen molar-refractivity contribution in [1.82, 2.24) is 9.55 Å². The molecule has 0 atom stereocenters. The first-order chi connectivity index (χ1) is 8.66. The second-order valence-electron chi connectivity index (χ2n) is 5.08. The highest BCUT2D eigenvalue weighted by Gasteiger charge is 2.18. The van der Waals surface area contributed by atoms with Crippen LogP contribution in [-0.4, -0.2) is 9.55 Å². The van der Waals surface area contributed by atoms with Crippen molar-refractivity contribution in [3.63, 3.8) is 0 Å². The predicted molar refractivity (Wildman–Crippen MR) is 77.8 cm³/mol. The fourth-order valence-electron chi connectivity index (χ4n) is 2.52.